The van der Waals surface area contributed by atoms with Crippen LogP contribution in [0.2, 0.25) is 0 Å². The van der Waals surface area contributed by atoms with E-state index in [0.717, 1.165) is 0 Å². The van der Waals surface area contributed by atoms with Crippen LogP contribution in [0.3, 0.4) is 0 Å². The molecule has 3 rings (SSSR count). The third-order valence-electron chi connectivity index (χ3n) is 4.82. The normalized spacial score (nSPS) is 30.6. The molecule has 1 aliphatic rings. The van der Waals surface area contributed by atoms with Gasteiger partial charge in [-0.05, 0) is 13.0 Å². The van der Waals surface area contributed by atoms with Gasteiger partial charge < -0.3 is 29.7 Å². The summed E-state index contributed by atoms with van der Waals surface area (Å²) in [6, 6.07) is 1.64. The average molecular weight is 400 g/mol. The average Bonchev–Trinajstić information content (AvgIpc) is 3.15. The predicted octanol–water partition coefficient (Wildman–Crippen LogP) is 1.15. The van der Waals surface area contributed by atoms with Gasteiger partial charge in [-0.2, -0.15) is 0 Å². The Kier molecular flexibility index (Phi) is 5.58. The first-order valence-electron chi connectivity index (χ1n) is 8.61. The van der Waals surface area contributed by atoms with Crippen LogP contribution >= 0.6 is 7.60 Å². The van der Waals surface area contributed by atoms with Crippen molar-refractivity contribution >= 4 is 24.4 Å². The van der Waals surface area contributed by atoms with Gasteiger partial charge in [-0.1, -0.05) is 6.92 Å². The van der Waals surface area contributed by atoms with Gasteiger partial charge in [0.05, 0.1) is 43.4 Å². The van der Waals surface area contributed by atoms with Gasteiger partial charge in [0.2, 0.25) is 0 Å². The van der Waals surface area contributed by atoms with Crippen LogP contribution in [-0.4, -0.2) is 63.4 Å². The van der Waals surface area contributed by atoms with E-state index in [1.54, 1.807) is 30.7 Å². The molecule has 11 heteroatoms. The van der Waals surface area contributed by atoms with Crippen LogP contribution < -0.4 is 5.73 Å². The molecule has 2 aromatic rings. The minimum absolute atomic E-state index is 0.150. The number of nitrogens with zero attached hydrogens (tertiary/aromatic N) is 3. The number of hydrogen-bond acceptors (Lipinski definition) is 9. The van der Waals surface area contributed by atoms with E-state index in [9.17, 15) is 14.8 Å². The van der Waals surface area contributed by atoms with E-state index in [1.165, 1.54) is 13.0 Å². The number of imidazole rings is 1. The number of rotatable bonds is 7. The second kappa shape index (κ2) is 7.46. The standard InChI is InChI=1S/C16H25N4O6P/c1-4-24-27(3,23)25-7-11-13(22)16(2,8-21)15(26-11)20-9-19-12-10(17)5-6-18-14(12)20/h5-6,9,11,13,15,21-22H,4,7-8H2,1-3H3,(H2,17,18)/t11-,13?,15-,16+,27?/m1/s1. The molecule has 10 nitrogen and oxygen atoms in total. The summed E-state index contributed by atoms with van der Waals surface area (Å²) in [6.45, 7) is 4.50. The maximum absolute atomic E-state index is 12.2. The molecule has 0 aromatic carbocycles. The minimum Gasteiger partial charge on any atom is -0.397 e. The second-order valence-electron chi connectivity index (χ2n) is 6.84. The van der Waals surface area contributed by atoms with Crippen LogP contribution in [0.4, 0.5) is 5.69 Å². The highest BCUT2D eigenvalue weighted by molar-refractivity contribution is 7.52. The van der Waals surface area contributed by atoms with Crippen molar-refractivity contribution in [3.05, 3.63) is 18.6 Å². The number of anilines is 1. The van der Waals surface area contributed by atoms with E-state index in [0.29, 0.717) is 16.9 Å². The predicted molar refractivity (Wildman–Crippen MR) is 98.2 cm³/mol. The molecule has 0 spiro atoms. The Balaban J connectivity index is 1.89. The van der Waals surface area contributed by atoms with E-state index < -0.39 is 31.4 Å². The zero-order chi connectivity index (χ0) is 19.8. The molecule has 1 aliphatic heterocycles. The van der Waals surface area contributed by atoms with E-state index in [-0.39, 0.29) is 19.8 Å². The number of aliphatic hydroxyl groups excluding tert-OH is 2. The zero-order valence-electron chi connectivity index (χ0n) is 15.5. The molecule has 3 heterocycles. The molecule has 5 atom stereocenters. The maximum atomic E-state index is 12.2. The van der Waals surface area contributed by atoms with Crippen molar-refractivity contribution in [2.24, 2.45) is 5.41 Å². The van der Waals surface area contributed by atoms with Gasteiger partial charge in [-0.25, -0.2) is 9.97 Å². The Bertz CT molecular complexity index is 861. The van der Waals surface area contributed by atoms with Crippen molar-refractivity contribution in [2.75, 3.05) is 32.2 Å². The van der Waals surface area contributed by atoms with Crippen LogP contribution in [0.25, 0.3) is 11.2 Å². The van der Waals surface area contributed by atoms with Gasteiger partial charge in [0.1, 0.15) is 17.8 Å². The van der Waals surface area contributed by atoms with Crippen LogP contribution in [-0.2, 0) is 18.3 Å². The number of pyridine rings is 1. The lowest BCUT2D eigenvalue weighted by Crippen LogP contribution is -2.41. The van der Waals surface area contributed by atoms with Crippen molar-refractivity contribution in [3.8, 4) is 0 Å². The van der Waals surface area contributed by atoms with E-state index >= 15 is 0 Å². The number of fused-ring (bicyclic) bond motifs is 1. The summed E-state index contributed by atoms with van der Waals surface area (Å²) in [5.41, 5.74) is 6.31. The fourth-order valence-electron chi connectivity index (χ4n) is 3.26. The number of aromatic nitrogens is 3. The summed E-state index contributed by atoms with van der Waals surface area (Å²) in [5.74, 6) is 0. The third kappa shape index (κ3) is 3.61. The lowest BCUT2D eigenvalue weighted by Gasteiger charge is -2.31. The van der Waals surface area contributed by atoms with E-state index in [4.69, 9.17) is 19.5 Å². The number of nitrogens with two attached hydrogens (primary N) is 1. The molecule has 2 unspecified atom stereocenters. The lowest BCUT2D eigenvalue weighted by molar-refractivity contribution is -0.0580. The molecular weight excluding hydrogens is 375 g/mol. The van der Waals surface area contributed by atoms with Crippen molar-refractivity contribution < 1.29 is 28.6 Å². The highest BCUT2D eigenvalue weighted by Crippen LogP contribution is 2.49. The fourth-order valence-corrected chi connectivity index (χ4v) is 4.22. The summed E-state index contributed by atoms with van der Waals surface area (Å²) in [5, 5.41) is 20.7. The highest BCUT2D eigenvalue weighted by Gasteiger charge is 2.54. The van der Waals surface area contributed by atoms with Crippen LogP contribution in [0.15, 0.2) is 18.6 Å². The first-order chi connectivity index (χ1) is 12.7. The molecular formula is C16H25N4O6P. The van der Waals surface area contributed by atoms with Crippen molar-refractivity contribution in [1.82, 2.24) is 14.5 Å². The quantitative estimate of drug-likeness (QED) is 0.583. The summed E-state index contributed by atoms with van der Waals surface area (Å²) in [6.07, 6.45) is 0.391. The molecule has 0 amide bonds. The van der Waals surface area contributed by atoms with Gasteiger partial charge in [0.25, 0.3) is 0 Å². The van der Waals surface area contributed by atoms with Gasteiger partial charge in [0, 0.05) is 12.9 Å². The Morgan fingerprint density at radius 2 is 2.19 bits per heavy atom. The molecule has 1 fully saturated rings. The SMILES string of the molecule is CCOP(C)(=O)OC[C@H]1O[C@@H](n2cnc3c(N)ccnc32)[C@@](C)(CO)C1O. The lowest BCUT2D eigenvalue weighted by atomic mass is 9.83. The summed E-state index contributed by atoms with van der Waals surface area (Å²) in [4.78, 5) is 8.55. The van der Waals surface area contributed by atoms with Crippen LogP contribution in [0.1, 0.15) is 20.1 Å². The number of aliphatic hydroxyl groups is 2. The van der Waals surface area contributed by atoms with E-state index in [2.05, 4.69) is 9.97 Å². The largest absolute Gasteiger partial charge is 0.397 e. The molecule has 0 radical (unpaired) electrons. The van der Waals surface area contributed by atoms with E-state index in [1.807, 2.05) is 0 Å². The molecule has 0 bridgehead atoms. The maximum Gasteiger partial charge on any atom is 0.327 e. The smallest absolute Gasteiger partial charge is 0.327 e. The second-order valence-corrected chi connectivity index (χ2v) is 8.90. The van der Waals surface area contributed by atoms with Gasteiger partial charge in [0.15, 0.2) is 5.65 Å². The van der Waals surface area contributed by atoms with Crippen molar-refractivity contribution in [3.63, 3.8) is 0 Å². The molecule has 0 aliphatic carbocycles. The van der Waals surface area contributed by atoms with Gasteiger partial charge in [-0.3, -0.25) is 9.13 Å². The monoisotopic (exact) mass is 400 g/mol. The molecule has 4 N–H and O–H groups in total. The highest BCUT2D eigenvalue weighted by atomic mass is 31.2. The topological polar surface area (TPSA) is 142 Å². The molecule has 1 saturated heterocycles. The first-order valence-corrected chi connectivity index (χ1v) is 10.6. The van der Waals surface area contributed by atoms with Gasteiger partial charge in [-0.15, -0.1) is 0 Å². The number of nitrogen functional groups attached to an aromatic ring is 1. The molecule has 2 aromatic heterocycles. The Labute approximate surface area is 156 Å². The third-order valence-corrected chi connectivity index (χ3v) is 6.16. The molecule has 150 valence electrons. The van der Waals surface area contributed by atoms with Crippen molar-refractivity contribution in [2.45, 2.75) is 32.3 Å². The zero-order valence-corrected chi connectivity index (χ0v) is 16.4. The first kappa shape index (κ1) is 20.2. The Hall–Kier alpha value is -1.55. The minimum atomic E-state index is -3.25. The molecule has 0 saturated carbocycles. The number of ether oxygens (including phenoxy) is 1. The summed E-state index contributed by atoms with van der Waals surface area (Å²) < 4.78 is 30.2. The van der Waals surface area contributed by atoms with Crippen LogP contribution in [0.5, 0.6) is 0 Å². The van der Waals surface area contributed by atoms with Crippen molar-refractivity contribution in [1.29, 1.82) is 0 Å². The molecule has 27 heavy (non-hydrogen) atoms. The van der Waals surface area contributed by atoms with Crippen LogP contribution in [0, 0.1) is 5.41 Å². The summed E-state index contributed by atoms with van der Waals surface area (Å²) in [7, 11) is -3.25. The number of hydrogen-bond donors (Lipinski definition) is 3. The Morgan fingerprint density at radius 1 is 1.44 bits per heavy atom. The Morgan fingerprint density at radius 3 is 2.85 bits per heavy atom. The summed E-state index contributed by atoms with van der Waals surface area (Å²) >= 11 is 0. The van der Waals surface area contributed by atoms with Gasteiger partial charge >= 0.3 is 7.60 Å². The fraction of sp³-hybridized carbons (Fsp3) is 0.625.